The normalized spacial score (nSPS) is 18.8. The molecule has 1 aromatic carbocycles. The van der Waals surface area contributed by atoms with Gasteiger partial charge in [0.05, 0.1) is 16.4 Å². The molecule has 130 valence electrons. The van der Waals surface area contributed by atoms with Crippen molar-refractivity contribution in [3.8, 4) is 0 Å². The van der Waals surface area contributed by atoms with Crippen molar-refractivity contribution in [2.45, 2.75) is 19.4 Å². The molecule has 1 aliphatic heterocycles. The quantitative estimate of drug-likeness (QED) is 0.478. The van der Waals surface area contributed by atoms with Gasteiger partial charge in [0, 0.05) is 30.4 Å². The van der Waals surface area contributed by atoms with E-state index >= 15 is 0 Å². The summed E-state index contributed by atoms with van der Waals surface area (Å²) in [6.07, 6.45) is 0.312. The third-order valence-electron chi connectivity index (χ3n) is 3.78. The van der Waals surface area contributed by atoms with Crippen LogP contribution in [0.4, 0.5) is 11.4 Å². The molecular weight excluding hydrogens is 338 g/mol. The fourth-order valence-electron chi connectivity index (χ4n) is 2.57. The Labute approximate surface area is 138 Å². The van der Waals surface area contributed by atoms with Crippen molar-refractivity contribution in [1.82, 2.24) is 4.90 Å². The van der Waals surface area contributed by atoms with Crippen molar-refractivity contribution in [3.63, 3.8) is 0 Å². The van der Waals surface area contributed by atoms with Gasteiger partial charge in [0.2, 0.25) is 0 Å². The molecule has 0 saturated carbocycles. The Hall–Kier alpha value is -2.49. The Morgan fingerprint density at radius 3 is 2.42 bits per heavy atom. The lowest BCUT2D eigenvalue weighted by Crippen LogP contribution is -2.46. The Kier molecular flexibility index (Phi) is 5.17. The molecule has 0 radical (unpaired) electrons. The SMILES string of the molecule is CCN(C(=O)C(=O)Nc1ccc([N+](=O)[O-])cc1)C1CCS(=O)(=O)C1. The lowest BCUT2D eigenvalue weighted by atomic mass is 10.2. The lowest BCUT2D eigenvalue weighted by molar-refractivity contribution is -0.384. The van der Waals surface area contributed by atoms with Crippen LogP contribution in [0.25, 0.3) is 0 Å². The van der Waals surface area contributed by atoms with Crippen LogP contribution in [0.1, 0.15) is 13.3 Å². The monoisotopic (exact) mass is 355 g/mol. The van der Waals surface area contributed by atoms with Gasteiger partial charge in [-0.3, -0.25) is 19.7 Å². The number of hydrogen-bond donors (Lipinski definition) is 1. The Balaban J connectivity index is 2.05. The lowest BCUT2D eigenvalue weighted by Gasteiger charge is -2.26. The molecule has 1 aromatic rings. The maximum Gasteiger partial charge on any atom is 0.313 e. The second-order valence-corrected chi connectivity index (χ2v) is 7.63. The molecule has 1 heterocycles. The first kappa shape index (κ1) is 17.9. The number of anilines is 1. The van der Waals surface area contributed by atoms with Crippen LogP contribution >= 0.6 is 0 Å². The maximum atomic E-state index is 12.3. The van der Waals surface area contributed by atoms with E-state index in [9.17, 15) is 28.1 Å². The van der Waals surface area contributed by atoms with E-state index in [1.54, 1.807) is 6.92 Å². The summed E-state index contributed by atoms with van der Waals surface area (Å²) in [5, 5.41) is 12.9. The number of nitro benzene ring substituents is 1. The summed E-state index contributed by atoms with van der Waals surface area (Å²) in [4.78, 5) is 35.6. The number of likely N-dealkylation sites (N-methyl/N-ethyl adjacent to an activating group) is 1. The van der Waals surface area contributed by atoms with Crippen molar-refractivity contribution in [2.24, 2.45) is 0 Å². The van der Waals surface area contributed by atoms with E-state index in [0.29, 0.717) is 6.42 Å². The van der Waals surface area contributed by atoms with Crippen molar-refractivity contribution in [2.75, 3.05) is 23.4 Å². The van der Waals surface area contributed by atoms with Gasteiger partial charge in [-0.25, -0.2) is 8.42 Å². The van der Waals surface area contributed by atoms with Gasteiger partial charge in [-0.15, -0.1) is 0 Å². The molecular formula is C14H17N3O6S. The fraction of sp³-hybridized carbons (Fsp3) is 0.429. The van der Waals surface area contributed by atoms with Crippen molar-refractivity contribution < 1.29 is 22.9 Å². The molecule has 0 aromatic heterocycles. The predicted molar refractivity (Wildman–Crippen MR) is 86.2 cm³/mol. The van der Waals surface area contributed by atoms with Gasteiger partial charge >= 0.3 is 11.8 Å². The standard InChI is InChI=1S/C14H17N3O6S/c1-2-16(12-7-8-24(22,23)9-12)14(19)13(18)15-10-3-5-11(6-4-10)17(20)21/h3-6,12H,2,7-9H2,1H3,(H,15,18). The van der Waals surface area contributed by atoms with Gasteiger partial charge < -0.3 is 10.2 Å². The zero-order valence-corrected chi connectivity index (χ0v) is 13.8. The van der Waals surface area contributed by atoms with Gasteiger partial charge in [-0.1, -0.05) is 0 Å². The summed E-state index contributed by atoms with van der Waals surface area (Å²) in [6.45, 7) is 1.88. The van der Waals surface area contributed by atoms with Crippen molar-refractivity contribution >= 4 is 33.0 Å². The molecule has 1 atom stereocenters. The minimum absolute atomic E-state index is 0.00538. The second kappa shape index (κ2) is 6.95. The smallest absolute Gasteiger partial charge is 0.313 e. The van der Waals surface area contributed by atoms with E-state index in [-0.39, 0.29) is 29.4 Å². The summed E-state index contributed by atoms with van der Waals surface area (Å²) in [5.41, 5.74) is 0.111. The van der Waals surface area contributed by atoms with Crippen LogP contribution in [-0.2, 0) is 19.4 Å². The number of non-ortho nitro benzene ring substituents is 1. The molecule has 9 nitrogen and oxygen atoms in total. The van der Waals surface area contributed by atoms with Crippen LogP contribution in [0.5, 0.6) is 0 Å². The van der Waals surface area contributed by atoms with Crippen LogP contribution in [0.2, 0.25) is 0 Å². The largest absolute Gasteiger partial charge is 0.331 e. The molecule has 0 bridgehead atoms. The van der Waals surface area contributed by atoms with Crippen LogP contribution < -0.4 is 5.32 Å². The topological polar surface area (TPSA) is 127 Å². The number of benzene rings is 1. The molecule has 2 rings (SSSR count). The average molecular weight is 355 g/mol. The number of carbonyl (C=O) groups excluding carboxylic acids is 2. The van der Waals surface area contributed by atoms with Crippen LogP contribution in [0.15, 0.2) is 24.3 Å². The number of nitrogens with zero attached hydrogens (tertiary/aromatic N) is 2. The molecule has 24 heavy (non-hydrogen) atoms. The highest BCUT2D eigenvalue weighted by atomic mass is 32.2. The molecule has 1 unspecified atom stereocenters. The molecule has 1 N–H and O–H groups in total. The zero-order valence-electron chi connectivity index (χ0n) is 13.0. The average Bonchev–Trinajstić information content (AvgIpc) is 2.88. The van der Waals surface area contributed by atoms with Gasteiger partial charge in [0.25, 0.3) is 5.69 Å². The number of carbonyl (C=O) groups is 2. The summed E-state index contributed by atoms with van der Waals surface area (Å²) >= 11 is 0. The van der Waals surface area contributed by atoms with E-state index in [1.165, 1.54) is 29.2 Å². The first-order chi connectivity index (χ1) is 11.2. The Morgan fingerprint density at radius 2 is 1.96 bits per heavy atom. The van der Waals surface area contributed by atoms with Crippen molar-refractivity contribution in [3.05, 3.63) is 34.4 Å². The molecule has 1 fully saturated rings. The first-order valence-corrected chi connectivity index (χ1v) is 9.12. The molecule has 0 spiro atoms. The van der Waals surface area contributed by atoms with E-state index in [0.717, 1.165) is 0 Å². The summed E-state index contributed by atoms with van der Waals surface area (Å²) < 4.78 is 23.1. The van der Waals surface area contributed by atoms with Crippen LogP contribution in [0.3, 0.4) is 0 Å². The van der Waals surface area contributed by atoms with Crippen molar-refractivity contribution in [1.29, 1.82) is 0 Å². The Bertz CT molecular complexity index is 759. The third kappa shape index (κ3) is 4.07. The van der Waals surface area contributed by atoms with Crippen LogP contribution in [0, 0.1) is 10.1 Å². The summed E-state index contributed by atoms with van der Waals surface area (Å²) in [5.74, 6) is -1.86. The highest BCUT2D eigenvalue weighted by Crippen LogP contribution is 2.19. The minimum Gasteiger partial charge on any atom is -0.331 e. The number of sulfone groups is 1. The number of nitro groups is 1. The second-order valence-electron chi connectivity index (χ2n) is 5.41. The zero-order chi connectivity index (χ0) is 17.9. The first-order valence-electron chi connectivity index (χ1n) is 7.30. The summed E-state index contributed by atoms with van der Waals surface area (Å²) in [7, 11) is -3.17. The molecule has 1 aliphatic rings. The van der Waals surface area contributed by atoms with Gasteiger partial charge in [-0.2, -0.15) is 0 Å². The highest BCUT2D eigenvalue weighted by Gasteiger charge is 2.35. The van der Waals surface area contributed by atoms with E-state index < -0.39 is 32.6 Å². The fourth-order valence-corrected chi connectivity index (χ4v) is 4.30. The van der Waals surface area contributed by atoms with E-state index in [1.807, 2.05) is 0 Å². The van der Waals surface area contributed by atoms with Gasteiger partial charge in [0.1, 0.15) is 0 Å². The molecule has 0 aliphatic carbocycles. The maximum absolute atomic E-state index is 12.3. The summed E-state index contributed by atoms with van der Waals surface area (Å²) in [6, 6.07) is 4.55. The number of hydrogen-bond acceptors (Lipinski definition) is 6. The highest BCUT2D eigenvalue weighted by molar-refractivity contribution is 7.91. The number of rotatable bonds is 4. The third-order valence-corrected chi connectivity index (χ3v) is 5.53. The van der Waals surface area contributed by atoms with Gasteiger partial charge in [0.15, 0.2) is 9.84 Å². The predicted octanol–water partition coefficient (Wildman–Crippen LogP) is 0.569. The number of amides is 2. The number of nitrogens with one attached hydrogen (secondary N) is 1. The molecule has 1 saturated heterocycles. The van der Waals surface area contributed by atoms with Gasteiger partial charge in [-0.05, 0) is 25.5 Å². The van der Waals surface area contributed by atoms with E-state index in [2.05, 4.69) is 5.32 Å². The molecule has 10 heteroatoms. The van der Waals surface area contributed by atoms with E-state index in [4.69, 9.17) is 0 Å². The Morgan fingerprint density at radius 1 is 1.33 bits per heavy atom. The molecule has 2 amide bonds. The minimum atomic E-state index is -3.17. The van der Waals surface area contributed by atoms with Crippen LogP contribution in [-0.4, -0.2) is 54.1 Å².